The molecule has 0 bridgehead atoms. The quantitative estimate of drug-likeness (QED) is 0.868. The molecular weight excluding hydrogens is 254 g/mol. The van der Waals surface area contributed by atoms with Crippen LogP contribution in [0.25, 0.3) is 0 Å². The number of rotatable bonds is 4. The Morgan fingerprint density at radius 1 is 1.26 bits per heavy atom. The molecule has 0 aliphatic heterocycles. The van der Waals surface area contributed by atoms with E-state index in [1.165, 1.54) is 11.1 Å². The fraction of sp³-hybridized carbons (Fsp3) is 0.200. The van der Waals surface area contributed by atoms with Crippen molar-refractivity contribution in [1.82, 2.24) is 4.98 Å². The minimum absolute atomic E-state index is 0.376. The lowest BCUT2D eigenvalue weighted by Gasteiger charge is -2.19. The van der Waals surface area contributed by atoms with Gasteiger partial charge in [-0.2, -0.15) is 0 Å². The van der Waals surface area contributed by atoms with Gasteiger partial charge in [0.25, 0.3) is 0 Å². The first kappa shape index (κ1) is 13.5. The number of nitrogens with zero attached hydrogens (tertiary/aromatic N) is 2. The van der Waals surface area contributed by atoms with Crippen LogP contribution in [0.1, 0.15) is 16.7 Å². The van der Waals surface area contributed by atoms with Crippen LogP contribution in [-0.2, 0) is 6.54 Å². The number of anilines is 1. The first-order chi connectivity index (χ1) is 9.08. The lowest BCUT2D eigenvalue weighted by Crippen LogP contribution is -2.19. The van der Waals surface area contributed by atoms with Gasteiger partial charge in [-0.25, -0.2) is 4.98 Å². The molecule has 0 radical (unpaired) electrons. The second kappa shape index (κ2) is 5.80. The van der Waals surface area contributed by atoms with Crippen molar-refractivity contribution < 1.29 is 0 Å². The average Bonchev–Trinajstić information content (AvgIpc) is 2.41. The lowest BCUT2D eigenvalue weighted by molar-refractivity contribution is 0.890. The molecule has 0 saturated heterocycles. The molecule has 0 saturated carbocycles. The van der Waals surface area contributed by atoms with E-state index in [9.17, 15) is 0 Å². The van der Waals surface area contributed by atoms with Gasteiger partial charge >= 0.3 is 0 Å². The summed E-state index contributed by atoms with van der Waals surface area (Å²) in [6.45, 7) is 2.94. The number of thiocarbonyl (C=S) groups is 1. The molecule has 4 heteroatoms. The number of nitrogens with two attached hydrogens (primary N) is 1. The van der Waals surface area contributed by atoms with Crippen molar-refractivity contribution in [3.63, 3.8) is 0 Å². The van der Waals surface area contributed by atoms with E-state index in [0.717, 1.165) is 17.9 Å². The van der Waals surface area contributed by atoms with Crippen molar-refractivity contribution in [3.05, 3.63) is 59.3 Å². The van der Waals surface area contributed by atoms with Crippen LogP contribution in [0, 0.1) is 6.92 Å². The summed E-state index contributed by atoms with van der Waals surface area (Å²) in [7, 11) is 2.02. The molecule has 98 valence electrons. The lowest BCUT2D eigenvalue weighted by atomic mass is 10.1. The SMILES string of the molecule is Cc1ccccc1CN(C)c1ccc(C(N)=S)cn1. The van der Waals surface area contributed by atoms with Gasteiger partial charge in [-0.3, -0.25) is 0 Å². The molecule has 1 heterocycles. The number of pyridine rings is 1. The maximum atomic E-state index is 5.56. The topological polar surface area (TPSA) is 42.1 Å². The monoisotopic (exact) mass is 271 g/mol. The van der Waals surface area contributed by atoms with Crippen LogP contribution >= 0.6 is 12.2 Å². The molecule has 0 unspecified atom stereocenters. The predicted molar refractivity (Wildman–Crippen MR) is 83.4 cm³/mol. The largest absolute Gasteiger partial charge is 0.389 e. The highest BCUT2D eigenvalue weighted by molar-refractivity contribution is 7.80. The summed E-state index contributed by atoms with van der Waals surface area (Å²) in [5.41, 5.74) is 8.94. The van der Waals surface area contributed by atoms with E-state index in [4.69, 9.17) is 18.0 Å². The molecule has 2 N–H and O–H groups in total. The Hall–Kier alpha value is -1.94. The van der Waals surface area contributed by atoms with Gasteiger partial charge < -0.3 is 10.6 Å². The van der Waals surface area contributed by atoms with Gasteiger partial charge in [-0.15, -0.1) is 0 Å². The van der Waals surface area contributed by atoms with Crippen molar-refractivity contribution >= 4 is 23.0 Å². The number of aromatic nitrogens is 1. The Morgan fingerprint density at radius 2 is 2.00 bits per heavy atom. The summed E-state index contributed by atoms with van der Waals surface area (Å²) in [5.74, 6) is 0.906. The van der Waals surface area contributed by atoms with Crippen LogP contribution < -0.4 is 10.6 Å². The van der Waals surface area contributed by atoms with Crippen LogP contribution in [0.2, 0.25) is 0 Å². The van der Waals surface area contributed by atoms with Gasteiger partial charge in [0.1, 0.15) is 10.8 Å². The van der Waals surface area contributed by atoms with Gasteiger partial charge in [0, 0.05) is 25.4 Å². The Balaban J connectivity index is 2.14. The van der Waals surface area contributed by atoms with Gasteiger partial charge in [0.2, 0.25) is 0 Å². The van der Waals surface area contributed by atoms with Crippen molar-refractivity contribution in [2.24, 2.45) is 5.73 Å². The maximum absolute atomic E-state index is 5.56. The highest BCUT2D eigenvalue weighted by Crippen LogP contribution is 2.15. The van der Waals surface area contributed by atoms with Gasteiger partial charge in [0.05, 0.1) is 0 Å². The Bertz CT molecular complexity index is 578. The molecule has 0 fully saturated rings. The minimum Gasteiger partial charge on any atom is -0.389 e. The number of benzene rings is 1. The molecule has 1 aromatic heterocycles. The molecule has 0 aliphatic rings. The van der Waals surface area contributed by atoms with E-state index >= 15 is 0 Å². The van der Waals surface area contributed by atoms with Crippen LogP contribution in [-0.4, -0.2) is 17.0 Å². The number of aryl methyl sites for hydroxylation is 1. The van der Waals surface area contributed by atoms with Crippen LogP contribution in [0.5, 0.6) is 0 Å². The van der Waals surface area contributed by atoms with Crippen molar-refractivity contribution in [1.29, 1.82) is 0 Å². The third kappa shape index (κ3) is 3.29. The average molecular weight is 271 g/mol. The second-order valence-corrected chi connectivity index (χ2v) is 4.99. The van der Waals surface area contributed by atoms with Crippen molar-refractivity contribution in [2.45, 2.75) is 13.5 Å². The summed E-state index contributed by atoms with van der Waals surface area (Å²) in [6, 6.07) is 12.2. The standard InChI is InChI=1S/C15H17N3S/c1-11-5-3-4-6-13(11)10-18(2)14-8-7-12(9-17-14)15(16)19/h3-9H,10H2,1-2H3,(H2,16,19). The zero-order valence-electron chi connectivity index (χ0n) is 11.1. The highest BCUT2D eigenvalue weighted by Gasteiger charge is 2.06. The Morgan fingerprint density at radius 3 is 2.58 bits per heavy atom. The van der Waals surface area contributed by atoms with Crippen LogP contribution in [0.15, 0.2) is 42.6 Å². The molecule has 0 amide bonds. The Labute approximate surface area is 119 Å². The maximum Gasteiger partial charge on any atom is 0.128 e. The summed E-state index contributed by atoms with van der Waals surface area (Å²) in [6.07, 6.45) is 1.71. The molecule has 2 rings (SSSR count). The fourth-order valence-corrected chi connectivity index (χ4v) is 2.00. The zero-order valence-corrected chi connectivity index (χ0v) is 11.9. The summed E-state index contributed by atoms with van der Waals surface area (Å²) < 4.78 is 0. The van der Waals surface area contributed by atoms with Crippen LogP contribution in [0.4, 0.5) is 5.82 Å². The molecule has 1 aromatic carbocycles. The summed E-state index contributed by atoms with van der Waals surface area (Å²) in [4.78, 5) is 6.86. The van der Waals surface area contributed by atoms with Gasteiger partial charge in [-0.05, 0) is 30.2 Å². The molecular formula is C15H17N3S. The smallest absolute Gasteiger partial charge is 0.128 e. The Kier molecular flexibility index (Phi) is 4.12. The van der Waals surface area contributed by atoms with Crippen LogP contribution in [0.3, 0.4) is 0 Å². The van der Waals surface area contributed by atoms with E-state index in [-0.39, 0.29) is 0 Å². The molecule has 19 heavy (non-hydrogen) atoms. The zero-order chi connectivity index (χ0) is 13.8. The van der Waals surface area contributed by atoms with E-state index in [0.29, 0.717) is 4.99 Å². The first-order valence-electron chi connectivity index (χ1n) is 6.09. The van der Waals surface area contributed by atoms with Crippen molar-refractivity contribution in [2.75, 3.05) is 11.9 Å². The molecule has 0 aliphatic carbocycles. The van der Waals surface area contributed by atoms with E-state index < -0.39 is 0 Å². The molecule has 0 atom stereocenters. The van der Waals surface area contributed by atoms with Crippen molar-refractivity contribution in [3.8, 4) is 0 Å². The minimum atomic E-state index is 0.376. The van der Waals surface area contributed by atoms with E-state index in [2.05, 4.69) is 35.0 Å². The van der Waals surface area contributed by atoms with E-state index in [1.54, 1.807) is 6.20 Å². The molecule has 2 aromatic rings. The first-order valence-corrected chi connectivity index (χ1v) is 6.50. The molecule has 3 nitrogen and oxygen atoms in total. The van der Waals surface area contributed by atoms with Gasteiger partial charge in [0.15, 0.2) is 0 Å². The predicted octanol–water partition coefficient (Wildman–Crippen LogP) is 2.66. The normalized spacial score (nSPS) is 10.2. The number of hydrogen-bond donors (Lipinski definition) is 1. The van der Waals surface area contributed by atoms with Gasteiger partial charge in [-0.1, -0.05) is 36.5 Å². The molecule has 0 spiro atoms. The highest BCUT2D eigenvalue weighted by atomic mass is 32.1. The summed E-state index contributed by atoms with van der Waals surface area (Å²) in [5, 5.41) is 0. The second-order valence-electron chi connectivity index (χ2n) is 4.55. The number of hydrogen-bond acceptors (Lipinski definition) is 3. The summed E-state index contributed by atoms with van der Waals surface area (Å²) >= 11 is 4.92. The fourth-order valence-electron chi connectivity index (χ4n) is 1.88. The third-order valence-corrected chi connectivity index (χ3v) is 3.33. The van der Waals surface area contributed by atoms with E-state index in [1.807, 2.05) is 25.2 Å². The third-order valence-electron chi connectivity index (χ3n) is 3.09.